The molecule has 3 saturated heterocycles. The third-order valence-electron chi connectivity index (χ3n) is 6.87. The van der Waals surface area contributed by atoms with E-state index < -0.39 is 11.3 Å². The molecule has 0 spiro atoms. The maximum absolute atomic E-state index is 13.8. The molecule has 1 aromatic carbocycles. The van der Waals surface area contributed by atoms with E-state index in [2.05, 4.69) is 16.7 Å². The summed E-state index contributed by atoms with van der Waals surface area (Å²) in [4.78, 5) is 33.3. The molecule has 8 heteroatoms. The number of ether oxygens (including phenoxy) is 3. The number of amides is 2. The first-order valence-electron chi connectivity index (χ1n) is 11.7. The molecule has 0 bridgehead atoms. The summed E-state index contributed by atoms with van der Waals surface area (Å²) in [5, 5.41) is 0. The fraction of sp³-hybridized carbons (Fsp3) is 0.667. The summed E-state index contributed by atoms with van der Waals surface area (Å²) >= 11 is 0. The van der Waals surface area contributed by atoms with Gasteiger partial charge in [-0.05, 0) is 31.0 Å². The lowest BCUT2D eigenvalue weighted by Gasteiger charge is -2.34. The van der Waals surface area contributed by atoms with Crippen molar-refractivity contribution in [3.05, 3.63) is 29.8 Å². The van der Waals surface area contributed by atoms with E-state index in [1.54, 1.807) is 0 Å². The van der Waals surface area contributed by atoms with E-state index in [9.17, 15) is 9.59 Å². The van der Waals surface area contributed by atoms with Crippen LogP contribution in [0.1, 0.15) is 25.8 Å². The van der Waals surface area contributed by atoms with E-state index >= 15 is 0 Å². The van der Waals surface area contributed by atoms with Crippen LogP contribution in [0.4, 0.5) is 0 Å². The quantitative estimate of drug-likeness (QED) is 0.559. The van der Waals surface area contributed by atoms with Gasteiger partial charge in [0, 0.05) is 32.7 Å². The highest BCUT2D eigenvalue weighted by Gasteiger charge is 2.57. The number of imide groups is 1. The minimum Gasteiger partial charge on any atom is -0.494 e. The number of rotatable bonds is 8. The van der Waals surface area contributed by atoms with Gasteiger partial charge in [0.2, 0.25) is 11.8 Å². The van der Waals surface area contributed by atoms with E-state index in [1.165, 1.54) is 4.90 Å². The summed E-state index contributed by atoms with van der Waals surface area (Å²) in [5.41, 5.74) is -0.0484. The van der Waals surface area contributed by atoms with Crippen molar-refractivity contribution in [3.63, 3.8) is 0 Å². The smallest absolute Gasteiger partial charge is 0.241 e. The van der Waals surface area contributed by atoms with Gasteiger partial charge in [-0.25, -0.2) is 0 Å². The van der Waals surface area contributed by atoms with Crippen LogP contribution in [0.5, 0.6) is 5.75 Å². The van der Waals surface area contributed by atoms with Gasteiger partial charge in [0.15, 0.2) is 0 Å². The predicted molar refractivity (Wildman–Crippen MR) is 119 cm³/mol. The van der Waals surface area contributed by atoms with Gasteiger partial charge in [0.25, 0.3) is 0 Å². The summed E-state index contributed by atoms with van der Waals surface area (Å²) in [6.07, 6.45) is 0.935. The molecule has 32 heavy (non-hydrogen) atoms. The molecule has 3 aliphatic rings. The largest absolute Gasteiger partial charge is 0.494 e. The van der Waals surface area contributed by atoms with Crippen molar-refractivity contribution in [2.24, 2.45) is 5.92 Å². The number of likely N-dealkylation sites (tertiary alicyclic amines) is 1. The monoisotopic (exact) mass is 445 g/mol. The Labute approximate surface area is 190 Å². The number of benzene rings is 1. The summed E-state index contributed by atoms with van der Waals surface area (Å²) in [6.45, 7) is 11.1. The van der Waals surface area contributed by atoms with Crippen LogP contribution in [0, 0.1) is 5.92 Å². The third kappa shape index (κ3) is 4.69. The van der Waals surface area contributed by atoms with E-state index in [4.69, 9.17) is 14.2 Å². The molecule has 2 amide bonds. The Morgan fingerprint density at radius 1 is 0.969 bits per heavy atom. The highest BCUT2D eigenvalue weighted by atomic mass is 16.5. The maximum Gasteiger partial charge on any atom is 0.241 e. The second kappa shape index (κ2) is 10.3. The van der Waals surface area contributed by atoms with E-state index in [0.717, 1.165) is 43.9 Å². The van der Waals surface area contributed by atoms with Crippen molar-refractivity contribution < 1.29 is 23.8 Å². The number of morpholine rings is 2. The second-order valence-corrected chi connectivity index (χ2v) is 8.98. The van der Waals surface area contributed by atoms with Crippen molar-refractivity contribution in [1.82, 2.24) is 14.7 Å². The Kier molecular flexibility index (Phi) is 7.45. The third-order valence-corrected chi connectivity index (χ3v) is 6.87. The zero-order valence-corrected chi connectivity index (χ0v) is 19.3. The van der Waals surface area contributed by atoms with Gasteiger partial charge >= 0.3 is 0 Å². The first-order valence-corrected chi connectivity index (χ1v) is 11.7. The van der Waals surface area contributed by atoms with Crippen LogP contribution in [-0.4, -0.2) is 98.9 Å². The van der Waals surface area contributed by atoms with Gasteiger partial charge in [-0.3, -0.25) is 24.3 Å². The summed E-state index contributed by atoms with van der Waals surface area (Å²) in [5.74, 6) is 0.152. The van der Waals surface area contributed by atoms with Gasteiger partial charge in [-0.1, -0.05) is 19.1 Å². The highest BCUT2D eigenvalue weighted by Crippen LogP contribution is 2.42. The molecule has 0 aliphatic carbocycles. The molecule has 0 aromatic heterocycles. The first-order chi connectivity index (χ1) is 15.5. The zero-order chi connectivity index (χ0) is 22.6. The van der Waals surface area contributed by atoms with Crippen molar-refractivity contribution in [2.75, 3.05) is 72.4 Å². The average molecular weight is 446 g/mol. The Morgan fingerprint density at radius 2 is 1.56 bits per heavy atom. The molecule has 0 N–H and O–H groups in total. The van der Waals surface area contributed by atoms with Crippen LogP contribution in [0.15, 0.2) is 24.3 Å². The molecule has 3 fully saturated rings. The maximum atomic E-state index is 13.8. The highest BCUT2D eigenvalue weighted by molar-refractivity contribution is 6.10. The Balaban J connectivity index is 1.60. The number of hydrogen-bond donors (Lipinski definition) is 0. The van der Waals surface area contributed by atoms with Crippen molar-refractivity contribution in [1.29, 1.82) is 0 Å². The number of hydrogen-bond acceptors (Lipinski definition) is 7. The molecule has 3 heterocycles. The van der Waals surface area contributed by atoms with Crippen molar-refractivity contribution in [2.45, 2.75) is 25.7 Å². The van der Waals surface area contributed by atoms with Crippen LogP contribution in [0.2, 0.25) is 0 Å². The topological polar surface area (TPSA) is 71.6 Å². The number of nitrogens with zero attached hydrogens (tertiary/aromatic N) is 3. The molecule has 2 atom stereocenters. The molecule has 0 radical (unpaired) electrons. The van der Waals surface area contributed by atoms with Crippen molar-refractivity contribution in [3.8, 4) is 5.75 Å². The van der Waals surface area contributed by atoms with Crippen molar-refractivity contribution >= 4 is 11.8 Å². The molecule has 4 rings (SSSR count). The van der Waals surface area contributed by atoms with E-state index in [0.29, 0.717) is 46.2 Å². The summed E-state index contributed by atoms with van der Waals surface area (Å²) in [6, 6.07) is 7.70. The normalized spacial score (nSPS) is 27.8. The van der Waals surface area contributed by atoms with E-state index in [1.807, 2.05) is 31.2 Å². The molecule has 1 aromatic rings. The molecule has 0 unspecified atom stereocenters. The molecule has 8 nitrogen and oxygen atoms in total. The van der Waals surface area contributed by atoms with E-state index in [-0.39, 0.29) is 11.8 Å². The van der Waals surface area contributed by atoms with Crippen LogP contribution in [0.3, 0.4) is 0 Å². The Bertz CT molecular complexity index is 789. The predicted octanol–water partition coefficient (Wildman–Crippen LogP) is 1.34. The number of carbonyl (C=O) groups is 2. The van der Waals surface area contributed by atoms with Crippen LogP contribution in [0.25, 0.3) is 0 Å². The van der Waals surface area contributed by atoms with Crippen LogP contribution >= 0.6 is 0 Å². The lowest BCUT2D eigenvalue weighted by Crippen LogP contribution is -2.47. The van der Waals surface area contributed by atoms with Gasteiger partial charge in [0.05, 0.1) is 51.0 Å². The SMILES string of the molecule is CCCOc1ccc([C@@]2(C)C(=O)N(CN3CCOCC3)C(=O)[C@@H]2CN2CCOCC2)cc1. The fourth-order valence-corrected chi connectivity index (χ4v) is 4.79. The minimum absolute atomic E-state index is 0.0817. The van der Waals surface area contributed by atoms with Gasteiger partial charge in [-0.15, -0.1) is 0 Å². The molecule has 0 saturated carbocycles. The van der Waals surface area contributed by atoms with Crippen LogP contribution < -0.4 is 4.74 Å². The lowest BCUT2D eigenvalue weighted by atomic mass is 9.73. The fourth-order valence-electron chi connectivity index (χ4n) is 4.79. The Hall–Kier alpha value is -2.00. The first kappa shape index (κ1) is 23.2. The lowest BCUT2D eigenvalue weighted by molar-refractivity contribution is -0.143. The number of carbonyl (C=O) groups excluding carboxylic acids is 2. The van der Waals surface area contributed by atoms with Gasteiger partial charge in [-0.2, -0.15) is 0 Å². The van der Waals surface area contributed by atoms with Gasteiger partial charge < -0.3 is 14.2 Å². The zero-order valence-electron chi connectivity index (χ0n) is 19.3. The minimum atomic E-state index is -0.912. The summed E-state index contributed by atoms with van der Waals surface area (Å²) in [7, 11) is 0. The molecule has 3 aliphatic heterocycles. The molecular formula is C24H35N3O5. The molecule has 176 valence electrons. The van der Waals surface area contributed by atoms with Crippen LogP contribution in [-0.2, 0) is 24.5 Å². The Morgan fingerprint density at radius 3 is 2.16 bits per heavy atom. The summed E-state index contributed by atoms with van der Waals surface area (Å²) < 4.78 is 16.6. The molecular weight excluding hydrogens is 410 g/mol. The standard InChI is InChI=1S/C24H35N3O5/c1-3-12-32-20-6-4-19(5-7-20)24(2)21(17-25-8-13-30-14-9-25)22(28)27(23(24)29)18-26-10-15-31-16-11-26/h4-7,21H,3,8-18H2,1-2H3/t21-,24+/m0/s1. The average Bonchev–Trinajstić information content (AvgIpc) is 3.01. The second-order valence-electron chi connectivity index (χ2n) is 8.98. The van der Waals surface area contributed by atoms with Gasteiger partial charge in [0.1, 0.15) is 5.75 Å².